The first-order valence-electron chi connectivity index (χ1n) is 11.0. The zero-order valence-corrected chi connectivity index (χ0v) is 19.5. The topological polar surface area (TPSA) is 57.7 Å². The maximum Gasteiger partial charge on any atom is 0.231 e. The number of rotatable bonds is 8. The average molecular weight is 451 g/mol. The zero-order valence-electron chi connectivity index (χ0n) is 18.7. The van der Waals surface area contributed by atoms with Crippen LogP contribution in [0.5, 0.6) is 0 Å². The van der Waals surface area contributed by atoms with Crippen LogP contribution in [-0.2, 0) is 29.0 Å². The lowest BCUT2D eigenvalue weighted by Gasteiger charge is -2.31. The molecule has 2 aromatic carbocycles. The highest BCUT2D eigenvalue weighted by Gasteiger charge is 2.16. The predicted molar refractivity (Wildman–Crippen MR) is 130 cm³/mol. The van der Waals surface area contributed by atoms with Crippen LogP contribution < -0.4 is 10.2 Å². The van der Waals surface area contributed by atoms with Gasteiger partial charge in [0, 0.05) is 42.9 Å². The van der Waals surface area contributed by atoms with E-state index in [9.17, 15) is 4.79 Å². The molecule has 0 aliphatic carbocycles. The molecular weight excluding hydrogens is 420 g/mol. The van der Waals surface area contributed by atoms with E-state index in [2.05, 4.69) is 56.8 Å². The molecule has 2 heterocycles. The molecule has 1 fully saturated rings. The molecule has 3 aromatic rings. The third kappa shape index (κ3) is 6.16. The Kier molecular flexibility index (Phi) is 7.52. The van der Waals surface area contributed by atoms with E-state index in [0.29, 0.717) is 6.42 Å². The number of thiazole rings is 1. The first-order chi connectivity index (χ1) is 15.6. The number of carbonyl (C=O) groups excluding carboxylic acids is 1. The number of aromatic nitrogens is 1. The molecule has 0 bridgehead atoms. The number of nitrogens with one attached hydrogen (secondary N) is 1. The first-order valence-corrected chi connectivity index (χ1v) is 11.8. The molecule has 0 atom stereocenters. The van der Waals surface area contributed by atoms with Gasteiger partial charge in [-0.25, -0.2) is 4.98 Å². The summed E-state index contributed by atoms with van der Waals surface area (Å²) in [6.45, 7) is 7.04. The van der Waals surface area contributed by atoms with Gasteiger partial charge in [-0.2, -0.15) is 0 Å². The molecule has 1 aromatic heterocycles. The van der Waals surface area contributed by atoms with Crippen LogP contribution in [-0.4, -0.2) is 49.1 Å². The minimum Gasteiger partial charge on any atom is -0.378 e. The Morgan fingerprint density at radius 1 is 1.12 bits per heavy atom. The van der Waals surface area contributed by atoms with Crippen molar-refractivity contribution in [3.05, 3.63) is 75.7 Å². The summed E-state index contributed by atoms with van der Waals surface area (Å²) in [5.74, 6) is -0.0393. The van der Waals surface area contributed by atoms with E-state index < -0.39 is 0 Å². The van der Waals surface area contributed by atoms with Gasteiger partial charge in [0.25, 0.3) is 0 Å². The monoisotopic (exact) mass is 450 g/mol. The Morgan fingerprint density at radius 2 is 1.88 bits per heavy atom. The molecule has 1 N–H and O–H groups in total. The second kappa shape index (κ2) is 10.7. The third-order valence-electron chi connectivity index (χ3n) is 5.46. The van der Waals surface area contributed by atoms with Crippen LogP contribution in [0.4, 0.5) is 11.4 Å². The van der Waals surface area contributed by atoms with Crippen LogP contribution >= 0.6 is 11.3 Å². The molecule has 4 rings (SSSR count). The van der Waals surface area contributed by atoms with Crippen LogP contribution in [0.2, 0.25) is 0 Å². The number of carbonyl (C=O) groups is 1. The maximum absolute atomic E-state index is 12.4. The van der Waals surface area contributed by atoms with E-state index in [-0.39, 0.29) is 5.91 Å². The van der Waals surface area contributed by atoms with Gasteiger partial charge < -0.3 is 15.0 Å². The quantitative estimate of drug-likeness (QED) is 0.560. The number of hydrogen-bond acceptors (Lipinski definition) is 6. The summed E-state index contributed by atoms with van der Waals surface area (Å²) >= 11 is 1.54. The summed E-state index contributed by atoms with van der Waals surface area (Å²) < 4.78 is 5.50. The number of hydrogen-bond donors (Lipinski definition) is 1. The summed E-state index contributed by atoms with van der Waals surface area (Å²) in [7, 11) is 2.11. The standard InChI is InChI=1S/C25H30N4O2S/c1-19-7-9-21(10-8-19)26-24(30)15-25-27-22(18-32-25)17-28(2)16-20-5-3-4-6-23(20)29-11-13-31-14-12-29/h3-10,18H,11-17H2,1-2H3,(H,26,30). The first kappa shape index (κ1) is 22.5. The zero-order chi connectivity index (χ0) is 22.3. The molecule has 0 saturated carbocycles. The second-order valence-corrected chi connectivity index (χ2v) is 9.17. The van der Waals surface area contributed by atoms with Crippen LogP contribution in [0.15, 0.2) is 53.9 Å². The lowest BCUT2D eigenvalue weighted by Crippen LogP contribution is -2.37. The van der Waals surface area contributed by atoms with Crippen LogP contribution in [0, 0.1) is 6.92 Å². The number of benzene rings is 2. The molecule has 0 spiro atoms. The van der Waals surface area contributed by atoms with Crippen LogP contribution in [0.1, 0.15) is 21.8 Å². The largest absolute Gasteiger partial charge is 0.378 e. The van der Waals surface area contributed by atoms with Gasteiger partial charge in [0.1, 0.15) is 5.01 Å². The van der Waals surface area contributed by atoms with Gasteiger partial charge in [-0.3, -0.25) is 9.69 Å². The summed E-state index contributed by atoms with van der Waals surface area (Å²) in [5.41, 5.74) is 5.58. The van der Waals surface area contributed by atoms with Crippen molar-refractivity contribution in [1.82, 2.24) is 9.88 Å². The highest BCUT2D eigenvalue weighted by molar-refractivity contribution is 7.09. The lowest BCUT2D eigenvalue weighted by atomic mass is 10.1. The molecule has 32 heavy (non-hydrogen) atoms. The SMILES string of the molecule is Cc1ccc(NC(=O)Cc2nc(CN(C)Cc3ccccc3N3CCOCC3)cs2)cc1. The molecule has 6 nitrogen and oxygen atoms in total. The van der Waals surface area contributed by atoms with Gasteiger partial charge in [0.2, 0.25) is 5.91 Å². The van der Waals surface area contributed by atoms with Crippen molar-refractivity contribution < 1.29 is 9.53 Å². The molecule has 0 unspecified atom stereocenters. The average Bonchev–Trinajstić information content (AvgIpc) is 3.22. The molecule has 1 saturated heterocycles. The molecule has 1 amide bonds. The minimum absolute atomic E-state index is 0.0393. The van der Waals surface area contributed by atoms with Crippen LogP contribution in [0.3, 0.4) is 0 Å². The number of anilines is 2. The summed E-state index contributed by atoms with van der Waals surface area (Å²) in [6.07, 6.45) is 0.294. The summed E-state index contributed by atoms with van der Waals surface area (Å²) in [4.78, 5) is 21.7. The number of morpholine rings is 1. The van der Waals surface area contributed by atoms with Crippen LogP contribution in [0.25, 0.3) is 0 Å². The number of aryl methyl sites for hydroxylation is 1. The van der Waals surface area contributed by atoms with Crippen molar-refractivity contribution in [2.24, 2.45) is 0 Å². The predicted octanol–water partition coefficient (Wildman–Crippen LogP) is 4.10. The molecular formula is C25H30N4O2S. The molecule has 168 valence electrons. The summed E-state index contributed by atoms with van der Waals surface area (Å²) in [6, 6.07) is 16.4. The summed E-state index contributed by atoms with van der Waals surface area (Å²) in [5, 5.41) is 5.84. The highest BCUT2D eigenvalue weighted by atomic mass is 32.1. The lowest BCUT2D eigenvalue weighted by molar-refractivity contribution is -0.115. The maximum atomic E-state index is 12.4. The van der Waals surface area contributed by atoms with E-state index in [1.54, 1.807) is 11.3 Å². The van der Waals surface area contributed by atoms with E-state index >= 15 is 0 Å². The number of para-hydroxylation sites is 1. The Labute approximate surface area is 193 Å². The van der Waals surface area contributed by atoms with E-state index in [1.165, 1.54) is 16.8 Å². The molecule has 1 aliphatic heterocycles. The van der Waals surface area contributed by atoms with Crippen molar-refractivity contribution in [3.63, 3.8) is 0 Å². The number of amides is 1. The van der Waals surface area contributed by atoms with Gasteiger partial charge in [-0.05, 0) is 37.7 Å². The van der Waals surface area contributed by atoms with Gasteiger partial charge >= 0.3 is 0 Å². The third-order valence-corrected chi connectivity index (χ3v) is 6.36. The molecule has 0 radical (unpaired) electrons. The van der Waals surface area contributed by atoms with Crippen molar-refractivity contribution in [1.29, 1.82) is 0 Å². The van der Waals surface area contributed by atoms with Gasteiger partial charge in [0.05, 0.1) is 25.3 Å². The molecule has 1 aliphatic rings. The fourth-order valence-corrected chi connectivity index (χ4v) is 4.65. The number of ether oxygens (including phenoxy) is 1. The van der Waals surface area contributed by atoms with Crippen molar-refractivity contribution in [3.8, 4) is 0 Å². The van der Waals surface area contributed by atoms with Crippen molar-refractivity contribution >= 4 is 28.6 Å². The highest BCUT2D eigenvalue weighted by Crippen LogP contribution is 2.23. The number of nitrogens with zero attached hydrogens (tertiary/aromatic N) is 3. The Bertz CT molecular complexity index is 1030. The smallest absolute Gasteiger partial charge is 0.231 e. The fraction of sp³-hybridized carbons (Fsp3) is 0.360. The van der Waals surface area contributed by atoms with E-state index in [1.807, 2.05) is 31.2 Å². The fourth-order valence-electron chi connectivity index (χ4n) is 3.86. The van der Waals surface area contributed by atoms with E-state index in [0.717, 1.165) is 55.8 Å². The Balaban J connectivity index is 1.31. The van der Waals surface area contributed by atoms with Gasteiger partial charge in [-0.1, -0.05) is 35.9 Å². The van der Waals surface area contributed by atoms with Crippen molar-refractivity contribution in [2.75, 3.05) is 43.6 Å². The van der Waals surface area contributed by atoms with Crippen molar-refractivity contribution in [2.45, 2.75) is 26.4 Å². The Hall–Kier alpha value is -2.74. The van der Waals surface area contributed by atoms with E-state index in [4.69, 9.17) is 4.74 Å². The second-order valence-electron chi connectivity index (χ2n) is 8.22. The van der Waals surface area contributed by atoms with Gasteiger partial charge in [-0.15, -0.1) is 11.3 Å². The minimum atomic E-state index is -0.0393. The van der Waals surface area contributed by atoms with Gasteiger partial charge in [0.15, 0.2) is 0 Å². The Morgan fingerprint density at radius 3 is 2.66 bits per heavy atom. The normalized spacial score (nSPS) is 14.0. The molecule has 7 heteroatoms.